The molecule has 4 nitrogen and oxygen atoms in total. The Morgan fingerprint density at radius 1 is 1.22 bits per heavy atom. The van der Waals surface area contributed by atoms with Crippen LogP contribution in [-0.2, 0) is 4.79 Å². The van der Waals surface area contributed by atoms with Crippen molar-refractivity contribution in [3.63, 3.8) is 0 Å². The first kappa shape index (κ1) is 15.0. The van der Waals surface area contributed by atoms with Crippen molar-refractivity contribution < 1.29 is 9.18 Å². The van der Waals surface area contributed by atoms with E-state index in [0.717, 1.165) is 22.2 Å². The minimum Gasteiger partial charge on any atom is -0.322 e. The molecule has 23 heavy (non-hydrogen) atoms. The maximum Gasteiger partial charge on any atom is 0.248 e. The highest BCUT2D eigenvalue weighted by Gasteiger charge is 2.03. The Morgan fingerprint density at radius 2 is 2.04 bits per heavy atom. The number of benzene rings is 2. The molecule has 5 heteroatoms. The molecule has 0 unspecified atom stereocenters. The molecule has 0 saturated heterocycles. The largest absolute Gasteiger partial charge is 0.322 e. The zero-order valence-electron chi connectivity index (χ0n) is 12.9. The van der Waals surface area contributed by atoms with E-state index in [1.807, 2.05) is 25.1 Å². The van der Waals surface area contributed by atoms with Crippen molar-refractivity contribution in [2.75, 3.05) is 5.32 Å². The summed E-state index contributed by atoms with van der Waals surface area (Å²) in [6.07, 6.45) is 3.12. The van der Waals surface area contributed by atoms with Crippen LogP contribution in [0.5, 0.6) is 0 Å². The van der Waals surface area contributed by atoms with Gasteiger partial charge in [-0.15, -0.1) is 0 Å². The highest BCUT2D eigenvalue weighted by Crippen LogP contribution is 2.18. The second-order valence-electron chi connectivity index (χ2n) is 5.40. The fourth-order valence-electron chi connectivity index (χ4n) is 2.30. The van der Waals surface area contributed by atoms with Gasteiger partial charge in [-0.1, -0.05) is 18.2 Å². The number of anilines is 1. The van der Waals surface area contributed by atoms with Crippen molar-refractivity contribution in [1.29, 1.82) is 0 Å². The average Bonchev–Trinajstić information content (AvgIpc) is 2.90. The Labute approximate surface area is 133 Å². The van der Waals surface area contributed by atoms with Crippen LogP contribution in [0.25, 0.3) is 17.0 Å². The van der Waals surface area contributed by atoms with Crippen molar-refractivity contribution in [1.82, 2.24) is 10.2 Å². The fourth-order valence-corrected chi connectivity index (χ4v) is 2.30. The first-order chi connectivity index (χ1) is 11.0. The van der Waals surface area contributed by atoms with Crippen LogP contribution in [0.3, 0.4) is 0 Å². The Hall–Kier alpha value is -2.95. The van der Waals surface area contributed by atoms with Gasteiger partial charge in [-0.05, 0) is 49.2 Å². The molecule has 0 aliphatic rings. The van der Waals surface area contributed by atoms with E-state index in [-0.39, 0.29) is 11.7 Å². The summed E-state index contributed by atoms with van der Waals surface area (Å²) in [6.45, 7) is 3.61. The molecule has 0 aliphatic carbocycles. The summed E-state index contributed by atoms with van der Waals surface area (Å²) < 4.78 is 13.5. The Kier molecular flexibility index (Phi) is 3.93. The van der Waals surface area contributed by atoms with E-state index in [4.69, 9.17) is 0 Å². The highest BCUT2D eigenvalue weighted by molar-refractivity contribution is 6.02. The smallest absolute Gasteiger partial charge is 0.248 e. The zero-order valence-corrected chi connectivity index (χ0v) is 12.9. The van der Waals surface area contributed by atoms with Crippen LogP contribution in [0.2, 0.25) is 0 Å². The molecule has 3 aromatic rings. The lowest BCUT2D eigenvalue weighted by Gasteiger charge is -2.03. The third kappa shape index (κ3) is 3.29. The third-order valence-corrected chi connectivity index (χ3v) is 3.64. The molecule has 0 aliphatic heterocycles. The third-order valence-electron chi connectivity index (χ3n) is 3.64. The summed E-state index contributed by atoms with van der Waals surface area (Å²) >= 11 is 0. The summed E-state index contributed by atoms with van der Waals surface area (Å²) in [5.41, 5.74) is 3.72. The van der Waals surface area contributed by atoms with Gasteiger partial charge in [0.2, 0.25) is 5.91 Å². The molecule has 1 amide bonds. The van der Waals surface area contributed by atoms with E-state index in [0.29, 0.717) is 11.3 Å². The van der Waals surface area contributed by atoms with E-state index < -0.39 is 0 Å². The van der Waals surface area contributed by atoms with Crippen LogP contribution < -0.4 is 5.32 Å². The predicted molar refractivity (Wildman–Crippen MR) is 89.6 cm³/mol. The SMILES string of the molecule is Cc1ccc(NC(=O)/C=C/c2ccc3c(C)n[nH]c3c2)cc1F. The van der Waals surface area contributed by atoms with Crippen LogP contribution in [0.15, 0.2) is 42.5 Å². The lowest BCUT2D eigenvalue weighted by atomic mass is 10.1. The molecule has 0 fully saturated rings. The molecular weight excluding hydrogens is 293 g/mol. The summed E-state index contributed by atoms with van der Waals surface area (Å²) in [6, 6.07) is 10.4. The quantitative estimate of drug-likeness (QED) is 0.719. The maximum absolute atomic E-state index is 13.5. The molecule has 3 rings (SSSR count). The Balaban J connectivity index is 1.72. The number of aryl methyl sites for hydroxylation is 2. The molecule has 0 spiro atoms. The number of aromatic nitrogens is 2. The first-order valence-electron chi connectivity index (χ1n) is 7.23. The van der Waals surface area contributed by atoms with Crippen LogP contribution >= 0.6 is 0 Å². The van der Waals surface area contributed by atoms with Crippen LogP contribution in [0, 0.1) is 19.7 Å². The number of nitrogens with zero attached hydrogens (tertiary/aromatic N) is 1. The van der Waals surface area contributed by atoms with Gasteiger partial charge in [0, 0.05) is 17.1 Å². The monoisotopic (exact) mass is 309 g/mol. The molecular formula is C18H16FN3O. The van der Waals surface area contributed by atoms with Crippen molar-refractivity contribution in [2.24, 2.45) is 0 Å². The minimum atomic E-state index is -0.341. The summed E-state index contributed by atoms with van der Waals surface area (Å²) in [5, 5.41) is 10.8. The van der Waals surface area contributed by atoms with Gasteiger partial charge in [0.25, 0.3) is 0 Å². The van der Waals surface area contributed by atoms with Gasteiger partial charge >= 0.3 is 0 Å². The molecule has 1 aromatic heterocycles. The van der Waals surface area contributed by atoms with E-state index in [1.165, 1.54) is 12.1 Å². The van der Waals surface area contributed by atoms with Crippen LogP contribution in [0.4, 0.5) is 10.1 Å². The Morgan fingerprint density at radius 3 is 2.83 bits per heavy atom. The number of fused-ring (bicyclic) bond motifs is 1. The van der Waals surface area contributed by atoms with Gasteiger partial charge in [0.1, 0.15) is 5.82 Å². The molecule has 0 atom stereocenters. The van der Waals surface area contributed by atoms with Gasteiger partial charge in [-0.2, -0.15) is 5.10 Å². The van der Waals surface area contributed by atoms with Crippen molar-refractivity contribution in [3.05, 3.63) is 65.1 Å². The maximum atomic E-state index is 13.5. The number of rotatable bonds is 3. The van der Waals surface area contributed by atoms with Crippen LogP contribution in [-0.4, -0.2) is 16.1 Å². The number of amides is 1. The second-order valence-corrected chi connectivity index (χ2v) is 5.40. The van der Waals surface area contributed by atoms with E-state index in [1.54, 1.807) is 25.1 Å². The van der Waals surface area contributed by atoms with Crippen molar-refractivity contribution in [3.8, 4) is 0 Å². The van der Waals surface area contributed by atoms with Crippen molar-refractivity contribution in [2.45, 2.75) is 13.8 Å². The summed E-state index contributed by atoms with van der Waals surface area (Å²) in [7, 11) is 0. The number of H-pyrrole nitrogens is 1. The fraction of sp³-hybridized carbons (Fsp3) is 0.111. The zero-order chi connectivity index (χ0) is 16.4. The van der Waals surface area contributed by atoms with Gasteiger partial charge in [0.05, 0.1) is 11.2 Å². The number of aromatic amines is 1. The van der Waals surface area contributed by atoms with E-state index >= 15 is 0 Å². The summed E-state index contributed by atoms with van der Waals surface area (Å²) in [4.78, 5) is 11.9. The molecule has 0 bridgehead atoms. The standard InChI is InChI=1S/C18H16FN3O/c1-11-3-6-14(10-16(11)19)20-18(23)8-5-13-4-7-15-12(2)21-22-17(15)9-13/h3-10H,1-2H3,(H,20,23)(H,21,22)/b8-5+. The minimum absolute atomic E-state index is 0.311. The number of halogens is 1. The molecule has 116 valence electrons. The predicted octanol–water partition coefficient (Wildman–Crippen LogP) is 3.97. The molecule has 2 N–H and O–H groups in total. The normalized spacial score (nSPS) is 11.3. The van der Waals surface area contributed by atoms with Crippen molar-refractivity contribution >= 4 is 28.6 Å². The molecule has 0 saturated carbocycles. The number of carbonyl (C=O) groups excluding carboxylic acids is 1. The Bertz CT molecular complexity index is 912. The average molecular weight is 309 g/mol. The highest BCUT2D eigenvalue weighted by atomic mass is 19.1. The number of hydrogen-bond acceptors (Lipinski definition) is 2. The van der Waals surface area contributed by atoms with Gasteiger partial charge in [-0.25, -0.2) is 4.39 Å². The second kappa shape index (κ2) is 6.04. The lowest BCUT2D eigenvalue weighted by molar-refractivity contribution is -0.111. The van der Waals surface area contributed by atoms with Gasteiger partial charge in [0.15, 0.2) is 0 Å². The molecule has 0 radical (unpaired) electrons. The topological polar surface area (TPSA) is 57.8 Å². The first-order valence-corrected chi connectivity index (χ1v) is 7.23. The van der Waals surface area contributed by atoms with Gasteiger partial charge < -0.3 is 5.32 Å². The number of nitrogens with one attached hydrogen (secondary N) is 2. The number of hydrogen-bond donors (Lipinski definition) is 2. The molecule has 1 heterocycles. The van der Waals surface area contributed by atoms with Crippen LogP contribution in [0.1, 0.15) is 16.8 Å². The molecule has 2 aromatic carbocycles. The van der Waals surface area contributed by atoms with Gasteiger partial charge in [-0.3, -0.25) is 9.89 Å². The van der Waals surface area contributed by atoms with E-state index in [2.05, 4.69) is 15.5 Å². The van der Waals surface area contributed by atoms with E-state index in [9.17, 15) is 9.18 Å². The lowest BCUT2D eigenvalue weighted by Crippen LogP contribution is -2.08. The number of carbonyl (C=O) groups is 1. The summed E-state index contributed by atoms with van der Waals surface area (Å²) in [5.74, 6) is -0.652.